The molecule has 4 aromatic rings. The Morgan fingerprint density at radius 3 is 2.69 bits per heavy atom. The molecule has 32 heavy (non-hydrogen) atoms. The Morgan fingerprint density at radius 2 is 1.97 bits per heavy atom. The highest BCUT2D eigenvalue weighted by Gasteiger charge is 2.20. The fourth-order valence-corrected chi connectivity index (χ4v) is 3.06. The van der Waals surface area contributed by atoms with E-state index >= 15 is 0 Å². The Hall–Kier alpha value is -4.47. The molecule has 162 valence electrons. The molecule has 3 N–H and O–H groups in total. The van der Waals surface area contributed by atoms with Crippen molar-refractivity contribution in [2.45, 2.75) is 13.8 Å². The fraction of sp³-hybridized carbons (Fsp3) is 0.136. The second-order valence-electron chi connectivity index (χ2n) is 6.86. The molecule has 0 spiro atoms. The number of nitrogens with one attached hydrogen (secondary N) is 3. The maximum absolute atomic E-state index is 13.1. The van der Waals surface area contributed by atoms with Crippen molar-refractivity contribution in [2.75, 3.05) is 22.5 Å². The molecule has 0 unspecified atom stereocenters. The molecule has 3 aromatic heterocycles. The van der Waals surface area contributed by atoms with Crippen LogP contribution in [0.3, 0.4) is 0 Å². The largest absolute Gasteiger partial charge is 0.370 e. The van der Waals surface area contributed by atoms with E-state index in [1.54, 1.807) is 35.1 Å². The number of carbonyl (C=O) groups excluding carboxylic acids is 2. The molecule has 4 rings (SSSR count). The number of hydrogen-bond donors (Lipinski definition) is 3. The van der Waals surface area contributed by atoms with Crippen LogP contribution < -0.4 is 16.0 Å². The first-order valence-electron chi connectivity index (χ1n) is 9.94. The summed E-state index contributed by atoms with van der Waals surface area (Å²) in [6, 6.07) is 12.0. The summed E-state index contributed by atoms with van der Waals surface area (Å²) < 4.78 is 6.30. The highest BCUT2D eigenvalue weighted by atomic mass is 16.5. The lowest BCUT2D eigenvalue weighted by molar-refractivity contribution is 0.101. The fourth-order valence-electron chi connectivity index (χ4n) is 3.06. The molecule has 0 radical (unpaired) electrons. The number of rotatable bonds is 7. The van der Waals surface area contributed by atoms with Crippen molar-refractivity contribution in [1.82, 2.24) is 19.9 Å². The van der Waals surface area contributed by atoms with E-state index in [0.717, 1.165) is 5.56 Å². The molecule has 0 saturated heterocycles. The predicted molar refractivity (Wildman–Crippen MR) is 119 cm³/mol. The van der Waals surface area contributed by atoms with E-state index in [-0.39, 0.29) is 11.8 Å². The summed E-state index contributed by atoms with van der Waals surface area (Å²) in [6.45, 7) is 4.37. The van der Waals surface area contributed by atoms with E-state index in [0.29, 0.717) is 40.8 Å². The summed E-state index contributed by atoms with van der Waals surface area (Å²) in [5, 5.41) is 16.7. The van der Waals surface area contributed by atoms with E-state index in [2.05, 4.69) is 31.2 Å². The average Bonchev–Trinajstić information content (AvgIpc) is 3.46. The van der Waals surface area contributed by atoms with Gasteiger partial charge in [-0.2, -0.15) is 9.78 Å². The number of aromatic nitrogens is 4. The first-order valence-corrected chi connectivity index (χ1v) is 9.94. The van der Waals surface area contributed by atoms with Gasteiger partial charge < -0.3 is 20.5 Å². The molecule has 2 amide bonds. The molecule has 0 saturated carbocycles. The molecule has 1 aromatic carbocycles. The van der Waals surface area contributed by atoms with Gasteiger partial charge in [0.25, 0.3) is 11.8 Å². The Balaban J connectivity index is 1.59. The molecule has 0 aliphatic rings. The number of anilines is 3. The van der Waals surface area contributed by atoms with Crippen LogP contribution in [0.15, 0.2) is 65.6 Å². The van der Waals surface area contributed by atoms with Crippen LogP contribution in [-0.4, -0.2) is 38.3 Å². The van der Waals surface area contributed by atoms with Crippen LogP contribution in [0.5, 0.6) is 0 Å². The molecule has 0 aliphatic carbocycles. The Bertz CT molecular complexity index is 1230. The summed E-state index contributed by atoms with van der Waals surface area (Å²) in [5.41, 5.74) is 2.04. The molecule has 0 bridgehead atoms. The second kappa shape index (κ2) is 9.13. The van der Waals surface area contributed by atoms with E-state index < -0.39 is 0 Å². The predicted octanol–water partition coefficient (Wildman–Crippen LogP) is 3.50. The number of aryl methyl sites for hydroxylation is 1. The third-order valence-electron chi connectivity index (χ3n) is 4.65. The van der Waals surface area contributed by atoms with Crippen molar-refractivity contribution in [1.29, 1.82) is 0 Å². The lowest BCUT2D eigenvalue weighted by Crippen LogP contribution is -2.17. The van der Waals surface area contributed by atoms with Gasteiger partial charge in [0, 0.05) is 30.1 Å². The monoisotopic (exact) mass is 431 g/mol. The third-order valence-corrected chi connectivity index (χ3v) is 4.65. The number of amides is 2. The van der Waals surface area contributed by atoms with Gasteiger partial charge in [0.1, 0.15) is 17.6 Å². The van der Waals surface area contributed by atoms with E-state index in [4.69, 9.17) is 4.52 Å². The van der Waals surface area contributed by atoms with Crippen molar-refractivity contribution in [3.8, 4) is 5.82 Å². The van der Waals surface area contributed by atoms with Crippen molar-refractivity contribution in [2.24, 2.45) is 0 Å². The maximum Gasteiger partial charge on any atom is 0.261 e. The van der Waals surface area contributed by atoms with Crippen molar-refractivity contribution < 1.29 is 14.1 Å². The molecule has 3 heterocycles. The normalized spacial score (nSPS) is 10.6. The van der Waals surface area contributed by atoms with Gasteiger partial charge in [-0.05, 0) is 43.7 Å². The topological polar surface area (TPSA) is 127 Å². The second-order valence-corrected chi connectivity index (χ2v) is 6.86. The summed E-state index contributed by atoms with van der Waals surface area (Å²) >= 11 is 0. The van der Waals surface area contributed by atoms with Crippen molar-refractivity contribution in [3.63, 3.8) is 0 Å². The van der Waals surface area contributed by atoms with Crippen molar-refractivity contribution >= 4 is 29.1 Å². The van der Waals surface area contributed by atoms with Gasteiger partial charge >= 0.3 is 0 Å². The first kappa shape index (κ1) is 20.8. The molecule has 10 nitrogen and oxygen atoms in total. The number of hydrogen-bond acceptors (Lipinski definition) is 7. The van der Waals surface area contributed by atoms with E-state index in [9.17, 15) is 9.59 Å². The van der Waals surface area contributed by atoms with Gasteiger partial charge in [0.05, 0.1) is 6.20 Å². The lowest BCUT2D eigenvalue weighted by Gasteiger charge is -2.12. The van der Waals surface area contributed by atoms with Crippen LogP contribution in [0.2, 0.25) is 0 Å². The van der Waals surface area contributed by atoms with Gasteiger partial charge in [-0.1, -0.05) is 17.3 Å². The molecular formula is C22H21N7O3. The van der Waals surface area contributed by atoms with E-state index in [1.165, 1.54) is 18.5 Å². The highest BCUT2D eigenvalue weighted by molar-refractivity contribution is 6.09. The van der Waals surface area contributed by atoms with Crippen LogP contribution in [0, 0.1) is 6.92 Å². The number of carbonyl (C=O) groups is 2. The Morgan fingerprint density at radius 1 is 1.09 bits per heavy atom. The quantitative estimate of drug-likeness (QED) is 0.409. The smallest absolute Gasteiger partial charge is 0.261 e. The number of pyridine rings is 1. The minimum atomic E-state index is -0.370. The zero-order valence-corrected chi connectivity index (χ0v) is 17.5. The molecule has 0 fully saturated rings. The zero-order chi connectivity index (χ0) is 22.5. The average molecular weight is 431 g/mol. The standard InChI is InChI=1S/C22H21N7O3/c1-3-23-20-16(13-25-29(20)19-6-4-5-10-24-19)22(31)26-17-12-15(8-7-14(17)2)21(30)27-18-9-11-32-28-18/h4-13,23H,3H2,1-2H3,(H,26,31)(H,27,28,30). The molecule has 10 heteroatoms. The van der Waals surface area contributed by atoms with Gasteiger partial charge in [0.2, 0.25) is 0 Å². The Kier molecular flexibility index (Phi) is 5.93. The summed E-state index contributed by atoms with van der Waals surface area (Å²) in [7, 11) is 0. The maximum atomic E-state index is 13.1. The van der Waals surface area contributed by atoms with Gasteiger partial charge in [-0.3, -0.25) is 9.59 Å². The third kappa shape index (κ3) is 4.33. The number of nitrogens with zero attached hydrogens (tertiary/aromatic N) is 4. The molecular weight excluding hydrogens is 410 g/mol. The van der Waals surface area contributed by atoms with Crippen LogP contribution in [0.1, 0.15) is 33.2 Å². The minimum absolute atomic E-state index is 0.304. The first-order chi connectivity index (χ1) is 15.6. The summed E-state index contributed by atoms with van der Waals surface area (Å²) in [4.78, 5) is 29.9. The zero-order valence-electron chi connectivity index (χ0n) is 17.5. The number of benzene rings is 1. The van der Waals surface area contributed by atoms with Gasteiger partial charge in [0.15, 0.2) is 11.6 Å². The van der Waals surface area contributed by atoms with Crippen LogP contribution >= 0.6 is 0 Å². The van der Waals surface area contributed by atoms with Crippen LogP contribution in [0.25, 0.3) is 5.82 Å². The van der Waals surface area contributed by atoms with Gasteiger partial charge in [-0.25, -0.2) is 4.98 Å². The van der Waals surface area contributed by atoms with Crippen LogP contribution in [0.4, 0.5) is 17.3 Å². The molecule has 0 aliphatic heterocycles. The van der Waals surface area contributed by atoms with Gasteiger partial charge in [-0.15, -0.1) is 0 Å². The Labute approximate surface area is 183 Å². The SMILES string of the molecule is CCNc1c(C(=O)Nc2cc(C(=O)Nc3ccon3)ccc2C)cnn1-c1ccccn1. The van der Waals surface area contributed by atoms with E-state index in [1.807, 2.05) is 26.0 Å². The van der Waals surface area contributed by atoms with Crippen LogP contribution in [-0.2, 0) is 0 Å². The molecule has 0 atom stereocenters. The lowest BCUT2D eigenvalue weighted by atomic mass is 10.1. The van der Waals surface area contributed by atoms with Crippen molar-refractivity contribution in [3.05, 3.63) is 77.8 Å². The summed E-state index contributed by atoms with van der Waals surface area (Å²) in [5.74, 6) is 0.691. The minimum Gasteiger partial charge on any atom is -0.370 e. The highest BCUT2D eigenvalue weighted by Crippen LogP contribution is 2.23. The summed E-state index contributed by atoms with van der Waals surface area (Å²) in [6.07, 6.45) is 4.51.